The van der Waals surface area contributed by atoms with Gasteiger partial charge in [0.25, 0.3) is 0 Å². The number of halogens is 1. The van der Waals surface area contributed by atoms with Crippen LogP contribution in [0, 0.1) is 5.92 Å². The fourth-order valence-corrected chi connectivity index (χ4v) is 2.67. The summed E-state index contributed by atoms with van der Waals surface area (Å²) in [5.41, 5.74) is 1.38. The largest absolute Gasteiger partial charge is 0.383 e. The zero-order chi connectivity index (χ0) is 14.8. The lowest BCUT2D eigenvalue weighted by Crippen LogP contribution is -2.26. The van der Waals surface area contributed by atoms with E-state index in [1.807, 2.05) is 12.1 Å². The Bertz CT molecular complexity index is 349. The third-order valence-electron chi connectivity index (χ3n) is 3.99. The third-order valence-corrected chi connectivity index (χ3v) is 4.24. The summed E-state index contributed by atoms with van der Waals surface area (Å²) in [7, 11) is 1.74. The van der Waals surface area contributed by atoms with Crippen molar-refractivity contribution in [2.24, 2.45) is 5.92 Å². The maximum Gasteiger partial charge on any atom is 0.0587 e. The van der Waals surface area contributed by atoms with Crippen LogP contribution in [-0.4, -0.2) is 26.8 Å². The first-order chi connectivity index (χ1) is 9.71. The summed E-state index contributed by atoms with van der Waals surface area (Å²) in [4.78, 5) is 0. The van der Waals surface area contributed by atoms with Crippen molar-refractivity contribution in [3.05, 3.63) is 34.9 Å². The van der Waals surface area contributed by atoms with Gasteiger partial charge in [0, 0.05) is 25.2 Å². The molecule has 114 valence electrons. The van der Waals surface area contributed by atoms with Gasteiger partial charge in [0.1, 0.15) is 0 Å². The molecular weight excluding hydrogens is 270 g/mol. The lowest BCUT2D eigenvalue weighted by molar-refractivity contribution is 0.198. The predicted molar refractivity (Wildman–Crippen MR) is 87.6 cm³/mol. The van der Waals surface area contributed by atoms with Crippen LogP contribution >= 0.6 is 11.6 Å². The van der Waals surface area contributed by atoms with Gasteiger partial charge in [0.15, 0.2) is 0 Å². The fourth-order valence-electron chi connectivity index (χ4n) is 2.55. The highest BCUT2D eigenvalue weighted by Gasteiger charge is 2.16. The number of hydrogen-bond donors (Lipinski definition) is 1. The Morgan fingerprint density at radius 2 is 1.80 bits per heavy atom. The molecule has 1 aromatic rings. The highest BCUT2D eigenvalue weighted by molar-refractivity contribution is 6.30. The summed E-state index contributed by atoms with van der Waals surface area (Å²) >= 11 is 5.99. The minimum Gasteiger partial charge on any atom is -0.383 e. The molecule has 1 unspecified atom stereocenters. The predicted octanol–water partition coefficient (Wildman–Crippen LogP) is 4.49. The monoisotopic (exact) mass is 297 g/mol. The molecule has 0 amide bonds. The van der Waals surface area contributed by atoms with Crippen molar-refractivity contribution < 1.29 is 4.74 Å². The van der Waals surface area contributed by atoms with E-state index < -0.39 is 0 Å². The summed E-state index contributed by atoms with van der Waals surface area (Å²) in [6.45, 7) is 7.24. The zero-order valence-electron chi connectivity index (χ0n) is 13.0. The highest BCUT2D eigenvalue weighted by Crippen LogP contribution is 2.27. The van der Waals surface area contributed by atoms with E-state index in [1.54, 1.807) is 7.11 Å². The lowest BCUT2D eigenvalue weighted by atomic mass is 9.86. The molecule has 0 bridgehead atoms. The minimum atomic E-state index is 0.550. The van der Waals surface area contributed by atoms with Gasteiger partial charge in [-0.1, -0.05) is 50.4 Å². The molecule has 1 rings (SSSR count). The number of hydrogen-bond acceptors (Lipinski definition) is 2. The van der Waals surface area contributed by atoms with E-state index in [9.17, 15) is 0 Å². The van der Waals surface area contributed by atoms with Crippen LogP contribution in [0.25, 0.3) is 0 Å². The number of rotatable bonds is 10. The second-order valence-electron chi connectivity index (χ2n) is 5.36. The normalized spacial score (nSPS) is 12.8. The molecule has 0 aromatic heterocycles. The van der Waals surface area contributed by atoms with Crippen LogP contribution in [0.3, 0.4) is 0 Å². The topological polar surface area (TPSA) is 21.3 Å². The Morgan fingerprint density at radius 1 is 1.15 bits per heavy atom. The highest BCUT2D eigenvalue weighted by atomic mass is 35.5. The maximum absolute atomic E-state index is 5.99. The summed E-state index contributed by atoms with van der Waals surface area (Å²) in [6, 6.07) is 8.30. The average molecular weight is 298 g/mol. The van der Waals surface area contributed by atoms with E-state index in [-0.39, 0.29) is 0 Å². The Labute approximate surface area is 128 Å². The molecule has 0 aliphatic rings. The summed E-state index contributed by atoms with van der Waals surface area (Å²) in [6.07, 6.45) is 3.73. The van der Waals surface area contributed by atoms with Crippen LogP contribution in [0.15, 0.2) is 24.3 Å². The van der Waals surface area contributed by atoms with Gasteiger partial charge in [0.2, 0.25) is 0 Å². The van der Waals surface area contributed by atoms with E-state index in [4.69, 9.17) is 16.3 Å². The third kappa shape index (κ3) is 6.25. The van der Waals surface area contributed by atoms with Gasteiger partial charge >= 0.3 is 0 Å². The van der Waals surface area contributed by atoms with E-state index in [0.29, 0.717) is 5.92 Å². The molecule has 0 aliphatic heterocycles. The van der Waals surface area contributed by atoms with Crippen LogP contribution in [-0.2, 0) is 4.74 Å². The van der Waals surface area contributed by atoms with E-state index in [0.717, 1.165) is 30.6 Å². The molecule has 1 atom stereocenters. The zero-order valence-corrected chi connectivity index (χ0v) is 13.7. The molecule has 0 fully saturated rings. The Hall–Kier alpha value is -0.570. The van der Waals surface area contributed by atoms with Crippen LogP contribution in [0.5, 0.6) is 0 Å². The summed E-state index contributed by atoms with van der Waals surface area (Å²) in [5.74, 6) is 1.34. The molecular formula is C17H28ClNO. The van der Waals surface area contributed by atoms with E-state index in [2.05, 4.69) is 31.3 Å². The molecule has 0 radical (unpaired) electrons. The standard InChI is InChI=1S/C17H28ClNO/c1-4-14(5-2)12-16(13-19-10-11-20-3)15-6-8-17(18)9-7-15/h6-9,14,16,19H,4-5,10-13H2,1-3H3. The number of ether oxygens (including phenoxy) is 1. The molecule has 1 N–H and O–H groups in total. The first kappa shape index (κ1) is 17.5. The Balaban J connectivity index is 2.64. The van der Waals surface area contributed by atoms with Gasteiger partial charge in [-0.15, -0.1) is 0 Å². The molecule has 0 aliphatic carbocycles. The number of nitrogens with one attached hydrogen (secondary N) is 1. The second kappa shape index (κ2) is 10.2. The van der Waals surface area contributed by atoms with Gasteiger partial charge in [-0.3, -0.25) is 0 Å². The van der Waals surface area contributed by atoms with Crippen molar-refractivity contribution in [2.75, 3.05) is 26.8 Å². The molecule has 0 saturated carbocycles. The van der Waals surface area contributed by atoms with Crippen molar-refractivity contribution in [2.45, 2.75) is 39.0 Å². The molecule has 20 heavy (non-hydrogen) atoms. The Morgan fingerprint density at radius 3 is 2.35 bits per heavy atom. The first-order valence-corrected chi connectivity index (χ1v) is 8.04. The Kier molecular flexibility index (Phi) is 8.92. The van der Waals surface area contributed by atoms with Crippen molar-refractivity contribution in [1.82, 2.24) is 5.32 Å². The van der Waals surface area contributed by atoms with Crippen molar-refractivity contribution in [1.29, 1.82) is 0 Å². The van der Waals surface area contributed by atoms with Crippen LogP contribution in [0.2, 0.25) is 5.02 Å². The van der Waals surface area contributed by atoms with Crippen LogP contribution in [0.4, 0.5) is 0 Å². The maximum atomic E-state index is 5.99. The molecule has 0 heterocycles. The van der Waals surface area contributed by atoms with Gasteiger partial charge in [-0.2, -0.15) is 0 Å². The van der Waals surface area contributed by atoms with Crippen molar-refractivity contribution in [3.63, 3.8) is 0 Å². The second-order valence-corrected chi connectivity index (χ2v) is 5.80. The summed E-state index contributed by atoms with van der Waals surface area (Å²) in [5, 5.41) is 4.30. The van der Waals surface area contributed by atoms with Gasteiger partial charge in [0.05, 0.1) is 6.61 Å². The molecule has 0 saturated heterocycles. The van der Waals surface area contributed by atoms with Gasteiger partial charge in [-0.05, 0) is 36.0 Å². The lowest BCUT2D eigenvalue weighted by Gasteiger charge is -2.23. The van der Waals surface area contributed by atoms with E-state index >= 15 is 0 Å². The molecule has 1 aromatic carbocycles. The first-order valence-electron chi connectivity index (χ1n) is 7.66. The van der Waals surface area contributed by atoms with Crippen molar-refractivity contribution >= 4 is 11.6 Å². The molecule has 0 spiro atoms. The van der Waals surface area contributed by atoms with Crippen LogP contribution in [0.1, 0.15) is 44.6 Å². The minimum absolute atomic E-state index is 0.550. The molecule has 2 nitrogen and oxygen atoms in total. The average Bonchev–Trinajstić information content (AvgIpc) is 2.48. The van der Waals surface area contributed by atoms with Crippen molar-refractivity contribution in [3.8, 4) is 0 Å². The number of methoxy groups -OCH3 is 1. The molecule has 3 heteroatoms. The van der Waals surface area contributed by atoms with E-state index in [1.165, 1.54) is 24.8 Å². The van der Waals surface area contributed by atoms with Crippen LogP contribution < -0.4 is 5.32 Å². The quantitative estimate of drug-likeness (QED) is 0.643. The number of benzene rings is 1. The fraction of sp³-hybridized carbons (Fsp3) is 0.647. The van der Waals surface area contributed by atoms with Gasteiger partial charge < -0.3 is 10.1 Å². The SMILES string of the molecule is CCC(CC)CC(CNCCOC)c1ccc(Cl)cc1. The summed E-state index contributed by atoms with van der Waals surface area (Å²) < 4.78 is 5.09. The van der Waals surface area contributed by atoms with Gasteiger partial charge in [-0.25, -0.2) is 0 Å². The smallest absolute Gasteiger partial charge is 0.0587 e.